The molecule has 2 fully saturated rings. The van der Waals surface area contributed by atoms with Crippen LogP contribution in [0.15, 0.2) is 64.4 Å². The molecule has 0 saturated carbocycles. The lowest BCUT2D eigenvalue weighted by Gasteiger charge is -2.41. The van der Waals surface area contributed by atoms with Crippen molar-refractivity contribution >= 4 is 78.6 Å². The first-order valence-corrected chi connectivity index (χ1v) is 23.2. The van der Waals surface area contributed by atoms with Gasteiger partial charge in [-0.2, -0.15) is 12.7 Å². The van der Waals surface area contributed by atoms with Crippen molar-refractivity contribution in [1.82, 2.24) is 43.7 Å². The number of aromatic nitrogens is 4. The molecule has 4 N–H and O–H groups in total. The maximum atomic E-state index is 13.5. The number of ether oxygens (including phenoxy) is 2. The van der Waals surface area contributed by atoms with E-state index in [2.05, 4.69) is 41.5 Å². The summed E-state index contributed by atoms with van der Waals surface area (Å²) in [6, 6.07) is 9.23. The van der Waals surface area contributed by atoms with Crippen LogP contribution < -0.4 is 20.9 Å². The Labute approximate surface area is 382 Å². The topological polar surface area (TPSA) is 248 Å². The Morgan fingerprint density at radius 3 is 2.38 bits per heavy atom. The first-order chi connectivity index (χ1) is 30.3. The normalized spacial score (nSPS) is 18.8. The Hall–Kier alpha value is -5.42. The summed E-state index contributed by atoms with van der Waals surface area (Å²) in [4.78, 5) is 82.0. The third-order valence-corrected chi connectivity index (χ3v) is 13.7. The number of urea groups is 1. The highest BCUT2D eigenvalue weighted by molar-refractivity contribution is 9.10. The molecule has 2 saturated heterocycles. The van der Waals surface area contributed by atoms with Crippen LogP contribution in [0, 0.1) is 0 Å². The molecule has 23 heteroatoms. The molecular formula is C41H48BrClN10O10S. The zero-order valence-corrected chi connectivity index (χ0v) is 38.4. The Balaban J connectivity index is 0.954. The van der Waals surface area contributed by atoms with Crippen LogP contribution in [0.25, 0.3) is 10.9 Å². The second-order valence-corrected chi connectivity index (χ2v) is 19.7. The molecule has 2 aliphatic heterocycles. The molecule has 4 heterocycles. The molecule has 0 bridgehead atoms. The molecule has 4 aromatic rings. The Morgan fingerprint density at radius 2 is 1.69 bits per heavy atom. The third-order valence-electron chi connectivity index (χ3n) is 11.0. The standard InChI is InChI=1S/C41H48BrClN10O10S/c1-41(2,3)63-40(59)53-12-6-9-33(32(53)19-27(54)22-51-23-46-31-21-29(42)30(43)20-28(31)37(51)56)62-39(58)49-64(60,61)52-15-13-50(14-16-52)38(57)48-35-34(44-10-11-45-35)36(55)47-26-17-24-7-4-5-8-25(24)18-26/h4-5,7-8,10-11,20-21,23,26-27,32-33,54H,6,9,12-19,22H2,1-3H3,(H,47,55)(H,49,58)(H,45,48,57)/t27?,32-,33+/m0/s1. The lowest BCUT2D eigenvalue weighted by atomic mass is 9.94. The molecule has 0 spiro atoms. The molecule has 5 amide bonds. The number of benzene rings is 2. The quantitative estimate of drug-likeness (QED) is 0.177. The number of hydrogen-bond donors (Lipinski definition) is 4. The highest BCUT2D eigenvalue weighted by Gasteiger charge is 2.41. The fraction of sp³-hybridized carbons (Fsp3) is 0.463. The number of hydrogen-bond acceptors (Lipinski definition) is 13. The van der Waals surface area contributed by atoms with E-state index in [9.17, 15) is 37.5 Å². The fourth-order valence-electron chi connectivity index (χ4n) is 8.00. The number of halogens is 2. The number of nitrogens with zero attached hydrogens (tertiary/aromatic N) is 7. The average molecular weight is 988 g/mol. The molecule has 3 aliphatic rings. The number of rotatable bonds is 10. The molecule has 0 radical (unpaired) electrons. The van der Waals surface area contributed by atoms with Crippen molar-refractivity contribution in [3.05, 3.63) is 91.8 Å². The van der Waals surface area contributed by atoms with E-state index < -0.39 is 63.7 Å². The summed E-state index contributed by atoms with van der Waals surface area (Å²) in [6.07, 6.45) is 1.27. The second-order valence-electron chi connectivity index (χ2n) is 16.7. The number of aliphatic hydroxyl groups excluding tert-OH is 1. The van der Waals surface area contributed by atoms with Gasteiger partial charge < -0.3 is 29.7 Å². The van der Waals surface area contributed by atoms with Gasteiger partial charge in [-0.3, -0.25) is 19.5 Å². The molecule has 2 aromatic carbocycles. The molecule has 342 valence electrons. The highest BCUT2D eigenvalue weighted by atomic mass is 79.9. The van der Waals surface area contributed by atoms with Crippen molar-refractivity contribution in [1.29, 1.82) is 0 Å². The van der Waals surface area contributed by atoms with Gasteiger partial charge in [0.1, 0.15) is 11.7 Å². The minimum atomic E-state index is -4.49. The zero-order chi connectivity index (χ0) is 45.9. The summed E-state index contributed by atoms with van der Waals surface area (Å²) in [7, 11) is -4.49. The summed E-state index contributed by atoms with van der Waals surface area (Å²) in [6.45, 7) is 4.49. The predicted octanol–water partition coefficient (Wildman–Crippen LogP) is 3.84. The minimum absolute atomic E-state index is 0.0581. The van der Waals surface area contributed by atoms with E-state index >= 15 is 0 Å². The van der Waals surface area contributed by atoms with Crippen LogP contribution in [0.5, 0.6) is 0 Å². The van der Waals surface area contributed by atoms with E-state index in [4.69, 9.17) is 21.1 Å². The van der Waals surface area contributed by atoms with Gasteiger partial charge in [0, 0.05) is 55.6 Å². The fourth-order valence-corrected chi connectivity index (χ4v) is 9.53. The number of amides is 5. The number of carbonyl (C=O) groups excluding carboxylic acids is 4. The van der Waals surface area contributed by atoms with Crippen molar-refractivity contribution in [2.24, 2.45) is 0 Å². The predicted molar refractivity (Wildman–Crippen MR) is 237 cm³/mol. The summed E-state index contributed by atoms with van der Waals surface area (Å²) >= 11 is 9.54. The van der Waals surface area contributed by atoms with Gasteiger partial charge in [0.2, 0.25) is 0 Å². The van der Waals surface area contributed by atoms with Crippen LogP contribution in [-0.4, -0.2) is 134 Å². The van der Waals surface area contributed by atoms with Gasteiger partial charge in [-0.25, -0.2) is 34.1 Å². The van der Waals surface area contributed by atoms with Crippen LogP contribution in [0.3, 0.4) is 0 Å². The second kappa shape index (κ2) is 19.4. The first-order valence-electron chi connectivity index (χ1n) is 20.6. The highest BCUT2D eigenvalue weighted by Crippen LogP contribution is 2.29. The summed E-state index contributed by atoms with van der Waals surface area (Å²) in [5, 5.41) is 17.4. The van der Waals surface area contributed by atoms with E-state index in [1.165, 1.54) is 39.2 Å². The van der Waals surface area contributed by atoms with Gasteiger partial charge in [0.15, 0.2) is 11.5 Å². The summed E-state index contributed by atoms with van der Waals surface area (Å²) < 4.78 is 42.9. The molecule has 2 aromatic heterocycles. The van der Waals surface area contributed by atoms with Crippen molar-refractivity contribution < 1.29 is 42.2 Å². The van der Waals surface area contributed by atoms with E-state index in [-0.39, 0.29) is 75.1 Å². The largest absolute Gasteiger partial charge is 0.444 e. The van der Waals surface area contributed by atoms with Gasteiger partial charge >= 0.3 is 28.4 Å². The molecule has 1 aliphatic carbocycles. The van der Waals surface area contributed by atoms with Crippen LogP contribution in [-0.2, 0) is 39.1 Å². The maximum absolute atomic E-state index is 13.5. The number of nitrogens with one attached hydrogen (secondary N) is 3. The maximum Gasteiger partial charge on any atom is 0.422 e. The van der Waals surface area contributed by atoms with Crippen LogP contribution in [0.2, 0.25) is 5.02 Å². The Morgan fingerprint density at radius 1 is 1.00 bits per heavy atom. The monoisotopic (exact) mass is 986 g/mol. The van der Waals surface area contributed by atoms with E-state index in [1.54, 1.807) is 26.8 Å². The van der Waals surface area contributed by atoms with Crippen molar-refractivity contribution in [3.63, 3.8) is 0 Å². The van der Waals surface area contributed by atoms with E-state index in [0.717, 1.165) is 15.4 Å². The molecular weight excluding hydrogens is 940 g/mol. The van der Waals surface area contributed by atoms with Crippen molar-refractivity contribution in [3.8, 4) is 0 Å². The molecule has 1 unspecified atom stereocenters. The SMILES string of the molecule is CC(C)(C)OC(=O)N1CCC[C@@H](OC(=O)NS(=O)(=O)N2CCN(C(=O)Nc3nccnc3C(=O)NC3Cc4ccccc4C3)CC2)[C@@H]1CC(O)Cn1cnc2cc(Br)c(Cl)cc2c1=O. The van der Waals surface area contributed by atoms with Crippen LogP contribution >= 0.6 is 27.5 Å². The molecule has 20 nitrogen and oxygen atoms in total. The Bertz CT molecular complexity index is 2580. The molecule has 3 atom stereocenters. The van der Waals surface area contributed by atoms with Gasteiger partial charge in [0.05, 0.1) is 40.9 Å². The summed E-state index contributed by atoms with van der Waals surface area (Å²) in [5.74, 6) is -0.559. The number of aliphatic hydroxyl groups is 1. The number of likely N-dealkylation sites (tertiary alicyclic amines) is 1. The zero-order valence-electron chi connectivity index (χ0n) is 35.2. The van der Waals surface area contributed by atoms with Gasteiger partial charge in [-0.1, -0.05) is 35.9 Å². The lowest BCUT2D eigenvalue weighted by Crippen LogP contribution is -2.57. The van der Waals surface area contributed by atoms with E-state index in [0.29, 0.717) is 34.3 Å². The first kappa shape index (κ1) is 46.6. The third kappa shape index (κ3) is 11.1. The Kier molecular flexibility index (Phi) is 14.1. The number of piperidine rings is 1. The smallest absolute Gasteiger partial charge is 0.422 e. The van der Waals surface area contributed by atoms with Crippen LogP contribution in [0.4, 0.5) is 20.2 Å². The average Bonchev–Trinajstić information content (AvgIpc) is 3.65. The number of anilines is 1. The number of fused-ring (bicyclic) bond motifs is 2. The van der Waals surface area contributed by atoms with Crippen molar-refractivity contribution in [2.45, 2.75) is 89.3 Å². The summed E-state index contributed by atoms with van der Waals surface area (Å²) in [5.41, 5.74) is 1.27. The number of carbonyl (C=O) groups is 4. The van der Waals surface area contributed by atoms with Gasteiger partial charge in [0.25, 0.3) is 11.5 Å². The lowest BCUT2D eigenvalue weighted by molar-refractivity contribution is -0.0411. The molecule has 7 rings (SSSR count). The van der Waals surface area contributed by atoms with Gasteiger partial charge in [-0.05, 0) is 92.1 Å². The minimum Gasteiger partial charge on any atom is -0.444 e. The van der Waals surface area contributed by atoms with E-state index in [1.807, 2.05) is 29.0 Å². The van der Waals surface area contributed by atoms with Crippen LogP contribution in [0.1, 0.15) is 61.6 Å². The number of piperazine rings is 1. The van der Waals surface area contributed by atoms with Crippen molar-refractivity contribution in [2.75, 3.05) is 38.0 Å². The molecule has 64 heavy (non-hydrogen) atoms. The van der Waals surface area contributed by atoms with Gasteiger partial charge in [-0.15, -0.1) is 0 Å².